The maximum Gasteiger partial charge on any atom is 0.223 e. The van der Waals surface area contributed by atoms with Gasteiger partial charge in [-0.1, -0.05) is 18.2 Å². The van der Waals surface area contributed by atoms with E-state index in [9.17, 15) is 4.79 Å². The average Bonchev–Trinajstić information content (AvgIpc) is 3.34. The Hall–Kier alpha value is -2.44. The Labute approximate surface area is 186 Å². The van der Waals surface area contributed by atoms with Gasteiger partial charge in [-0.05, 0) is 62.9 Å². The van der Waals surface area contributed by atoms with E-state index in [1.165, 1.54) is 15.8 Å². The highest BCUT2D eigenvalue weighted by atomic mass is 32.1. The number of aromatic nitrogens is 1. The molecule has 1 fully saturated rings. The molecular weight excluding hydrogens is 408 g/mol. The van der Waals surface area contributed by atoms with E-state index >= 15 is 0 Å². The fraction of sp³-hybridized carbons (Fsp3) is 0.440. The number of hydrogen-bond donors (Lipinski definition) is 1. The number of thiazole rings is 1. The predicted octanol–water partition coefficient (Wildman–Crippen LogP) is 4.90. The second-order valence-electron chi connectivity index (χ2n) is 9.27. The summed E-state index contributed by atoms with van der Waals surface area (Å²) in [5.74, 6) is 1.03. The molecule has 2 aliphatic rings. The third-order valence-corrected chi connectivity index (χ3v) is 7.21. The third-order valence-electron chi connectivity index (χ3n) is 6.14. The fourth-order valence-corrected chi connectivity index (χ4v) is 5.65. The van der Waals surface area contributed by atoms with Crippen LogP contribution in [0.5, 0.6) is 5.75 Å². The first-order valence-electron chi connectivity index (χ1n) is 11.0. The number of nitrogens with one attached hydrogen (secondary N) is 1. The number of carbonyl (C=O) groups excluding carboxylic acids is 1. The van der Waals surface area contributed by atoms with E-state index in [2.05, 4.69) is 44.3 Å². The van der Waals surface area contributed by atoms with Crippen LogP contribution in [0.4, 0.5) is 0 Å². The topological polar surface area (TPSA) is 60.5 Å². The Balaban J connectivity index is 1.30. The number of hydrogen-bond acceptors (Lipinski definition) is 5. The number of amides is 1. The molecule has 162 valence electrons. The summed E-state index contributed by atoms with van der Waals surface area (Å²) in [6, 6.07) is 12.5. The lowest BCUT2D eigenvalue weighted by Gasteiger charge is -2.34. The van der Waals surface area contributed by atoms with Crippen LogP contribution in [-0.4, -0.2) is 35.7 Å². The lowest BCUT2D eigenvalue weighted by molar-refractivity contribution is -0.135. The zero-order chi connectivity index (χ0) is 21.6. The Morgan fingerprint density at radius 1 is 1.29 bits per heavy atom. The lowest BCUT2D eigenvalue weighted by Crippen LogP contribution is -2.43. The smallest absolute Gasteiger partial charge is 0.223 e. The van der Waals surface area contributed by atoms with Crippen LogP contribution < -0.4 is 10.1 Å². The minimum atomic E-state index is -0.232. The molecule has 3 heterocycles. The lowest BCUT2D eigenvalue weighted by atomic mass is 9.88. The average molecular weight is 437 g/mol. The van der Waals surface area contributed by atoms with Gasteiger partial charge < -0.3 is 14.8 Å². The molecule has 0 bridgehead atoms. The van der Waals surface area contributed by atoms with Gasteiger partial charge in [0.25, 0.3) is 0 Å². The molecule has 6 heteroatoms. The quantitative estimate of drug-likeness (QED) is 0.632. The molecule has 1 aromatic heterocycles. The standard InChI is InChI=1S/C25H28N2O3S/c1-15-10-17-12-18(14-26-23(28)16-8-9-29-25(2,3)13-16)30-22(17)19(11-15)24-27-20-6-4-5-7-21(20)31-24/h4-7,10-11,16,18H,8-9,12-14H2,1-3H3,(H,26,28)/t16-,18-/m0/s1. The number of carbonyl (C=O) groups is 1. The van der Waals surface area contributed by atoms with Crippen molar-refractivity contribution in [2.24, 2.45) is 5.92 Å². The molecule has 0 radical (unpaired) electrons. The molecule has 2 aliphatic heterocycles. The minimum Gasteiger partial charge on any atom is -0.487 e. The van der Waals surface area contributed by atoms with Gasteiger partial charge in [0, 0.05) is 18.9 Å². The van der Waals surface area contributed by atoms with E-state index in [-0.39, 0.29) is 23.5 Å². The zero-order valence-corrected chi connectivity index (χ0v) is 19.1. The van der Waals surface area contributed by atoms with Crippen LogP contribution in [0, 0.1) is 12.8 Å². The first kappa shape index (κ1) is 20.5. The van der Waals surface area contributed by atoms with Crippen molar-refractivity contribution >= 4 is 27.5 Å². The van der Waals surface area contributed by atoms with E-state index < -0.39 is 0 Å². The normalized spacial score (nSPS) is 22.2. The van der Waals surface area contributed by atoms with E-state index in [1.807, 2.05) is 18.2 Å². The van der Waals surface area contributed by atoms with Gasteiger partial charge in [0.2, 0.25) is 5.91 Å². The van der Waals surface area contributed by atoms with Gasteiger partial charge >= 0.3 is 0 Å². The highest BCUT2D eigenvalue weighted by molar-refractivity contribution is 7.21. The van der Waals surface area contributed by atoms with Crippen LogP contribution in [0.15, 0.2) is 36.4 Å². The molecule has 2 atom stereocenters. The minimum absolute atomic E-state index is 0.00748. The molecule has 5 nitrogen and oxygen atoms in total. The van der Waals surface area contributed by atoms with E-state index in [0.29, 0.717) is 13.2 Å². The number of ether oxygens (including phenoxy) is 2. The second-order valence-corrected chi connectivity index (χ2v) is 10.3. The van der Waals surface area contributed by atoms with Gasteiger partial charge in [-0.3, -0.25) is 4.79 Å². The zero-order valence-electron chi connectivity index (χ0n) is 18.2. The SMILES string of the molecule is Cc1cc2c(c(-c3nc4ccccc4s3)c1)O[C@H](CNC(=O)[C@H]1CCOC(C)(C)C1)C2. The fourth-order valence-electron chi connectivity index (χ4n) is 4.67. The van der Waals surface area contributed by atoms with Gasteiger partial charge in [-0.2, -0.15) is 0 Å². The summed E-state index contributed by atoms with van der Waals surface area (Å²) in [7, 11) is 0. The summed E-state index contributed by atoms with van der Waals surface area (Å²) < 4.78 is 13.3. The summed E-state index contributed by atoms with van der Waals surface area (Å²) in [6.07, 6.45) is 2.28. The van der Waals surface area contributed by atoms with Crippen molar-refractivity contribution in [1.82, 2.24) is 10.3 Å². The number of benzene rings is 2. The van der Waals surface area contributed by atoms with Crippen LogP contribution in [0.25, 0.3) is 20.8 Å². The maximum atomic E-state index is 12.7. The van der Waals surface area contributed by atoms with Crippen molar-refractivity contribution in [3.8, 4) is 16.3 Å². The summed E-state index contributed by atoms with van der Waals surface area (Å²) in [5.41, 5.74) is 4.23. The van der Waals surface area contributed by atoms with Crippen LogP contribution in [-0.2, 0) is 16.0 Å². The number of rotatable bonds is 4. The molecule has 5 rings (SSSR count). The molecule has 1 saturated heterocycles. The van der Waals surface area contributed by atoms with E-state index in [1.54, 1.807) is 11.3 Å². The highest BCUT2D eigenvalue weighted by Gasteiger charge is 2.34. The first-order valence-corrected chi connectivity index (χ1v) is 11.8. The van der Waals surface area contributed by atoms with Crippen LogP contribution in [0.2, 0.25) is 0 Å². The largest absolute Gasteiger partial charge is 0.487 e. The molecule has 31 heavy (non-hydrogen) atoms. The van der Waals surface area contributed by atoms with E-state index in [0.717, 1.165) is 41.1 Å². The number of para-hydroxylation sites is 1. The molecule has 3 aromatic rings. The van der Waals surface area contributed by atoms with Crippen molar-refractivity contribution in [2.45, 2.75) is 51.7 Å². The van der Waals surface area contributed by atoms with Crippen molar-refractivity contribution in [3.63, 3.8) is 0 Å². The number of fused-ring (bicyclic) bond motifs is 2. The monoisotopic (exact) mass is 436 g/mol. The molecule has 0 unspecified atom stereocenters. The number of nitrogens with zero attached hydrogens (tertiary/aromatic N) is 1. The highest BCUT2D eigenvalue weighted by Crippen LogP contribution is 2.42. The summed E-state index contributed by atoms with van der Waals surface area (Å²) in [5, 5.41) is 4.11. The molecule has 0 saturated carbocycles. The molecule has 0 aliphatic carbocycles. The molecular formula is C25H28N2O3S. The Kier molecular flexibility index (Phi) is 5.22. The van der Waals surface area contributed by atoms with Crippen LogP contribution in [0.3, 0.4) is 0 Å². The molecule has 0 spiro atoms. The second kappa shape index (κ2) is 7.92. The van der Waals surface area contributed by atoms with Crippen LogP contribution >= 0.6 is 11.3 Å². The molecule has 1 amide bonds. The Morgan fingerprint density at radius 3 is 2.94 bits per heavy atom. The Bertz CT molecular complexity index is 1100. The Morgan fingerprint density at radius 2 is 2.13 bits per heavy atom. The van der Waals surface area contributed by atoms with Crippen molar-refractivity contribution in [1.29, 1.82) is 0 Å². The van der Waals surface area contributed by atoms with Gasteiger partial charge in [0.15, 0.2) is 0 Å². The summed E-state index contributed by atoms with van der Waals surface area (Å²) in [6.45, 7) is 7.37. The van der Waals surface area contributed by atoms with Crippen LogP contribution in [0.1, 0.15) is 37.8 Å². The number of aryl methyl sites for hydroxylation is 1. The molecule has 1 N–H and O–H groups in total. The van der Waals surface area contributed by atoms with Crippen molar-refractivity contribution in [3.05, 3.63) is 47.5 Å². The van der Waals surface area contributed by atoms with Crippen molar-refractivity contribution < 1.29 is 14.3 Å². The summed E-state index contributed by atoms with van der Waals surface area (Å²) >= 11 is 1.69. The molecule has 2 aromatic carbocycles. The van der Waals surface area contributed by atoms with Gasteiger partial charge in [-0.25, -0.2) is 4.98 Å². The maximum absolute atomic E-state index is 12.7. The first-order chi connectivity index (χ1) is 14.9. The van der Waals surface area contributed by atoms with Gasteiger partial charge in [-0.15, -0.1) is 11.3 Å². The van der Waals surface area contributed by atoms with Gasteiger partial charge in [0.1, 0.15) is 16.9 Å². The van der Waals surface area contributed by atoms with Crippen molar-refractivity contribution in [2.75, 3.05) is 13.2 Å². The van der Waals surface area contributed by atoms with E-state index in [4.69, 9.17) is 14.5 Å². The third kappa shape index (κ3) is 4.19. The predicted molar refractivity (Wildman–Crippen MR) is 124 cm³/mol. The van der Waals surface area contributed by atoms with Gasteiger partial charge in [0.05, 0.1) is 27.9 Å². The summed E-state index contributed by atoms with van der Waals surface area (Å²) in [4.78, 5) is 17.6.